The zero-order valence-electron chi connectivity index (χ0n) is 10.0. The van der Waals surface area contributed by atoms with Gasteiger partial charge >= 0.3 is 5.97 Å². The Morgan fingerprint density at radius 1 is 1.30 bits per heavy atom. The van der Waals surface area contributed by atoms with Crippen molar-refractivity contribution in [2.75, 3.05) is 6.54 Å². The van der Waals surface area contributed by atoms with Crippen LogP contribution in [-0.4, -0.2) is 47.6 Å². The van der Waals surface area contributed by atoms with Crippen LogP contribution in [0.4, 0.5) is 8.78 Å². The Bertz CT molecular complexity index is 628. The van der Waals surface area contributed by atoms with Crippen molar-refractivity contribution in [2.24, 2.45) is 0 Å². The van der Waals surface area contributed by atoms with Crippen molar-refractivity contribution < 1.29 is 32.2 Å². The molecule has 2 rings (SSSR count). The normalized spacial score (nSPS) is 23.9. The number of carboxylic acids is 1. The van der Waals surface area contributed by atoms with E-state index < -0.39 is 51.2 Å². The number of carboxylic acid groups (broad SMARTS) is 1. The van der Waals surface area contributed by atoms with Crippen LogP contribution in [0.25, 0.3) is 0 Å². The maximum Gasteiger partial charge on any atom is 0.322 e. The van der Waals surface area contributed by atoms with Crippen LogP contribution in [0.15, 0.2) is 23.1 Å². The standard InChI is InChI=1S/C11H11F2NO5S/c12-7-2-1-3-8(13)10(7)20(18,19)14-5-6(15)4-9(14)11(16)17/h1-3,6,9,15H,4-5H2,(H,16,17)/t6-,9-/m1/s1. The van der Waals surface area contributed by atoms with Gasteiger partial charge < -0.3 is 10.2 Å². The number of halogens is 2. The second kappa shape index (κ2) is 5.08. The highest BCUT2D eigenvalue weighted by Crippen LogP contribution is 2.29. The molecule has 6 nitrogen and oxygen atoms in total. The van der Waals surface area contributed by atoms with E-state index in [-0.39, 0.29) is 6.42 Å². The van der Waals surface area contributed by atoms with Gasteiger partial charge in [0.25, 0.3) is 0 Å². The molecule has 0 amide bonds. The summed E-state index contributed by atoms with van der Waals surface area (Å²) in [6.45, 7) is -0.521. The zero-order chi connectivity index (χ0) is 15.1. The van der Waals surface area contributed by atoms with E-state index in [2.05, 4.69) is 0 Å². The summed E-state index contributed by atoms with van der Waals surface area (Å²) in [5.41, 5.74) is 0. The summed E-state index contributed by atoms with van der Waals surface area (Å²) in [5, 5.41) is 18.4. The molecule has 0 aliphatic carbocycles. The maximum absolute atomic E-state index is 13.6. The van der Waals surface area contributed by atoms with E-state index in [9.17, 15) is 27.1 Å². The van der Waals surface area contributed by atoms with Crippen LogP contribution in [0, 0.1) is 11.6 Å². The molecule has 0 bridgehead atoms. The van der Waals surface area contributed by atoms with E-state index >= 15 is 0 Å². The first-order valence-corrected chi connectivity index (χ1v) is 7.06. The molecule has 1 saturated heterocycles. The Labute approximate surface area is 113 Å². The van der Waals surface area contributed by atoms with Gasteiger partial charge in [0.05, 0.1) is 6.10 Å². The first-order chi connectivity index (χ1) is 9.25. The number of sulfonamides is 1. The average molecular weight is 307 g/mol. The Morgan fingerprint density at radius 3 is 2.35 bits per heavy atom. The number of carbonyl (C=O) groups is 1. The Morgan fingerprint density at radius 2 is 1.85 bits per heavy atom. The molecule has 0 spiro atoms. The van der Waals surface area contributed by atoms with Gasteiger partial charge in [-0.05, 0) is 12.1 Å². The highest BCUT2D eigenvalue weighted by atomic mass is 32.2. The Kier molecular flexibility index (Phi) is 3.76. The van der Waals surface area contributed by atoms with Crippen molar-refractivity contribution in [3.63, 3.8) is 0 Å². The summed E-state index contributed by atoms with van der Waals surface area (Å²) in [7, 11) is -4.68. The smallest absolute Gasteiger partial charge is 0.322 e. The van der Waals surface area contributed by atoms with Gasteiger partial charge in [-0.2, -0.15) is 4.31 Å². The highest BCUT2D eigenvalue weighted by molar-refractivity contribution is 7.89. The molecule has 1 aliphatic heterocycles. The molecule has 0 unspecified atom stereocenters. The molecule has 1 aliphatic rings. The maximum atomic E-state index is 13.6. The minimum Gasteiger partial charge on any atom is -0.480 e. The molecule has 110 valence electrons. The third kappa shape index (κ3) is 2.39. The van der Waals surface area contributed by atoms with Gasteiger partial charge in [0.2, 0.25) is 10.0 Å². The number of hydrogen-bond donors (Lipinski definition) is 2. The molecule has 9 heteroatoms. The number of β-amino-alcohol motifs (C(OH)–C–C–N with tert-alkyl or cyclic N) is 1. The summed E-state index contributed by atoms with van der Waals surface area (Å²) in [6, 6.07) is 0.974. The Balaban J connectivity index is 2.52. The van der Waals surface area contributed by atoms with E-state index in [1.165, 1.54) is 0 Å². The fraction of sp³-hybridized carbons (Fsp3) is 0.364. The first-order valence-electron chi connectivity index (χ1n) is 5.62. The van der Waals surface area contributed by atoms with Crippen molar-refractivity contribution in [3.8, 4) is 0 Å². The van der Waals surface area contributed by atoms with Crippen LogP contribution in [0.3, 0.4) is 0 Å². The molecule has 2 N–H and O–H groups in total. The van der Waals surface area contributed by atoms with Crippen molar-refractivity contribution in [1.82, 2.24) is 4.31 Å². The monoisotopic (exact) mass is 307 g/mol. The lowest BCUT2D eigenvalue weighted by Crippen LogP contribution is -2.41. The lowest BCUT2D eigenvalue weighted by Gasteiger charge is -2.21. The van der Waals surface area contributed by atoms with Crippen molar-refractivity contribution in [2.45, 2.75) is 23.5 Å². The van der Waals surface area contributed by atoms with Gasteiger partial charge in [0, 0.05) is 13.0 Å². The van der Waals surface area contributed by atoms with Crippen molar-refractivity contribution in [3.05, 3.63) is 29.8 Å². The third-order valence-electron chi connectivity index (χ3n) is 3.00. The highest BCUT2D eigenvalue weighted by Gasteiger charge is 2.45. The quantitative estimate of drug-likeness (QED) is 0.830. The Hall–Kier alpha value is -1.58. The van der Waals surface area contributed by atoms with Gasteiger partial charge in [-0.3, -0.25) is 4.79 Å². The van der Waals surface area contributed by atoms with Crippen molar-refractivity contribution >= 4 is 16.0 Å². The summed E-state index contributed by atoms with van der Waals surface area (Å²) in [5.74, 6) is -4.10. The van der Waals surface area contributed by atoms with E-state index in [0.29, 0.717) is 4.31 Å². The number of hydrogen-bond acceptors (Lipinski definition) is 4. The molecule has 1 heterocycles. The minimum absolute atomic E-state index is 0.329. The summed E-state index contributed by atoms with van der Waals surface area (Å²) in [6.07, 6.45) is -1.52. The second-order valence-corrected chi connectivity index (χ2v) is 6.20. The predicted octanol–water partition coefficient (Wildman–Crippen LogP) is 0.173. The molecule has 2 atom stereocenters. The van der Waals surface area contributed by atoms with Gasteiger partial charge in [-0.25, -0.2) is 17.2 Å². The molecular formula is C11H11F2NO5S. The van der Waals surface area contributed by atoms with Gasteiger partial charge in [-0.15, -0.1) is 0 Å². The SMILES string of the molecule is O=C(O)[C@H]1C[C@@H](O)CN1S(=O)(=O)c1c(F)cccc1F. The van der Waals surface area contributed by atoms with Gasteiger partial charge in [0.15, 0.2) is 4.90 Å². The summed E-state index contributed by atoms with van der Waals surface area (Å²) >= 11 is 0. The molecule has 0 aromatic heterocycles. The largest absolute Gasteiger partial charge is 0.480 e. The number of rotatable bonds is 3. The third-order valence-corrected chi connectivity index (χ3v) is 4.93. The predicted molar refractivity (Wildman–Crippen MR) is 62.3 cm³/mol. The number of aliphatic hydroxyl groups excluding tert-OH is 1. The molecule has 20 heavy (non-hydrogen) atoms. The van der Waals surface area contributed by atoms with E-state index in [4.69, 9.17) is 5.11 Å². The van der Waals surface area contributed by atoms with E-state index in [0.717, 1.165) is 18.2 Å². The lowest BCUT2D eigenvalue weighted by molar-refractivity contribution is -0.140. The fourth-order valence-electron chi connectivity index (χ4n) is 2.12. The van der Waals surface area contributed by atoms with Crippen LogP contribution < -0.4 is 0 Å². The lowest BCUT2D eigenvalue weighted by atomic mass is 10.2. The summed E-state index contributed by atoms with van der Waals surface area (Å²) in [4.78, 5) is 9.79. The number of aliphatic hydroxyl groups is 1. The van der Waals surface area contributed by atoms with Gasteiger partial charge in [-0.1, -0.05) is 6.07 Å². The van der Waals surface area contributed by atoms with E-state index in [1.54, 1.807) is 0 Å². The molecule has 1 fully saturated rings. The van der Waals surface area contributed by atoms with E-state index in [1.807, 2.05) is 0 Å². The van der Waals surface area contributed by atoms with Crippen LogP contribution in [0.1, 0.15) is 6.42 Å². The topological polar surface area (TPSA) is 94.9 Å². The summed E-state index contributed by atoms with van der Waals surface area (Å²) < 4.78 is 52.0. The average Bonchev–Trinajstić information content (AvgIpc) is 2.71. The second-order valence-electron chi connectivity index (χ2n) is 4.37. The molecule has 1 aromatic carbocycles. The number of nitrogens with zero attached hydrogens (tertiary/aromatic N) is 1. The van der Waals surface area contributed by atoms with Crippen molar-refractivity contribution in [1.29, 1.82) is 0 Å². The fourth-order valence-corrected chi connectivity index (χ4v) is 3.86. The molecule has 0 radical (unpaired) electrons. The minimum atomic E-state index is -4.68. The molecular weight excluding hydrogens is 296 g/mol. The van der Waals surface area contributed by atoms with Crippen LogP contribution in [0.5, 0.6) is 0 Å². The van der Waals surface area contributed by atoms with Crippen LogP contribution in [-0.2, 0) is 14.8 Å². The van der Waals surface area contributed by atoms with Gasteiger partial charge in [0.1, 0.15) is 17.7 Å². The van der Waals surface area contributed by atoms with Crippen LogP contribution in [0.2, 0.25) is 0 Å². The molecule has 0 saturated carbocycles. The number of aliphatic carboxylic acids is 1. The number of benzene rings is 1. The first kappa shape index (κ1) is 14.8. The van der Waals surface area contributed by atoms with Crippen LogP contribution >= 0.6 is 0 Å². The molecule has 1 aromatic rings. The zero-order valence-corrected chi connectivity index (χ0v) is 10.8.